The maximum absolute atomic E-state index is 13.7. The first kappa shape index (κ1) is 26.6. The van der Waals surface area contributed by atoms with Crippen LogP contribution in [0.2, 0.25) is 10.0 Å². The van der Waals surface area contributed by atoms with Crippen molar-refractivity contribution in [3.05, 3.63) is 104 Å². The molecule has 200 valence electrons. The number of amides is 1. The van der Waals surface area contributed by atoms with E-state index in [4.69, 9.17) is 32.7 Å². The van der Waals surface area contributed by atoms with Crippen LogP contribution in [0.15, 0.2) is 72.2 Å². The molecule has 0 aliphatic carbocycles. The highest BCUT2D eigenvalue weighted by atomic mass is 35.5. The minimum absolute atomic E-state index is 0.239. The minimum atomic E-state index is -0.549. The molecule has 5 rings (SSSR count). The van der Waals surface area contributed by atoms with E-state index in [-0.39, 0.29) is 12.5 Å². The molecule has 1 aliphatic rings. The molecular weight excluding hydrogens is 537 g/mol. The number of hydrogen-bond acceptors (Lipinski definition) is 6. The van der Waals surface area contributed by atoms with Crippen molar-refractivity contribution in [1.82, 2.24) is 14.8 Å². The number of aromatic nitrogens is 3. The highest BCUT2D eigenvalue weighted by Crippen LogP contribution is 2.39. The van der Waals surface area contributed by atoms with Gasteiger partial charge in [-0.3, -0.25) is 4.79 Å². The summed E-state index contributed by atoms with van der Waals surface area (Å²) >= 11 is 12.2. The summed E-state index contributed by atoms with van der Waals surface area (Å²) in [6.45, 7) is 6.12. The van der Waals surface area contributed by atoms with E-state index in [1.165, 1.54) is 6.33 Å². The Balaban J connectivity index is 1.47. The van der Waals surface area contributed by atoms with Crippen LogP contribution < -0.4 is 20.1 Å². The molecule has 0 radical (unpaired) electrons. The molecule has 2 N–H and O–H groups in total. The molecule has 1 atom stereocenters. The van der Waals surface area contributed by atoms with E-state index in [0.717, 1.165) is 27.9 Å². The minimum Gasteiger partial charge on any atom is -0.493 e. The Kier molecular flexibility index (Phi) is 7.50. The van der Waals surface area contributed by atoms with E-state index in [0.29, 0.717) is 38.8 Å². The van der Waals surface area contributed by atoms with Gasteiger partial charge in [0.1, 0.15) is 19.0 Å². The van der Waals surface area contributed by atoms with Crippen molar-refractivity contribution in [1.29, 1.82) is 0 Å². The van der Waals surface area contributed by atoms with Gasteiger partial charge in [-0.15, -0.1) is 0 Å². The number of nitrogens with zero attached hydrogens (tertiary/aromatic N) is 3. The number of allylic oxidation sites excluding steroid dienone is 1. The summed E-state index contributed by atoms with van der Waals surface area (Å²) in [6, 6.07) is 16.3. The maximum atomic E-state index is 13.7. The quantitative estimate of drug-likeness (QED) is 0.259. The third kappa shape index (κ3) is 5.44. The predicted octanol–water partition coefficient (Wildman–Crippen LogP) is 6.72. The van der Waals surface area contributed by atoms with Crippen molar-refractivity contribution in [2.24, 2.45) is 0 Å². The normalized spacial score (nSPS) is 14.5. The summed E-state index contributed by atoms with van der Waals surface area (Å²) in [7, 11) is 1.57. The van der Waals surface area contributed by atoms with Gasteiger partial charge in [0.15, 0.2) is 11.5 Å². The molecule has 0 spiro atoms. The van der Waals surface area contributed by atoms with Gasteiger partial charge in [-0.1, -0.05) is 53.0 Å². The molecule has 1 aliphatic heterocycles. The van der Waals surface area contributed by atoms with Crippen molar-refractivity contribution >= 4 is 40.7 Å². The first-order chi connectivity index (χ1) is 18.7. The van der Waals surface area contributed by atoms with Crippen molar-refractivity contribution < 1.29 is 14.3 Å². The van der Waals surface area contributed by atoms with E-state index in [1.54, 1.807) is 23.9 Å². The first-order valence-electron chi connectivity index (χ1n) is 12.3. The second-order valence-corrected chi connectivity index (χ2v) is 10.1. The summed E-state index contributed by atoms with van der Waals surface area (Å²) < 4.78 is 13.4. The molecular formula is C29H27Cl2N5O3. The van der Waals surface area contributed by atoms with Crippen LogP contribution in [0.3, 0.4) is 0 Å². The summed E-state index contributed by atoms with van der Waals surface area (Å²) in [5.74, 6) is 1.36. The third-order valence-electron chi connectivity index (χ3n) is 6.55. The van der Waals surface area contributed by atoms with Crippen LogP contribution in [0.4, 0.5) is 11.6 Å². The number of fused-ring (bicyclic) bond motifs is 1. The van der Waals surface area contributed by atoms with Gasteiger partial charge in [0.05, 0.1) is 22.7 Å². The number of anilines is 2. The van der Waals surface area contributed by atoms with Crippen LogP contribution in [0.1, 0.15) is 35.2 Å². The number of halogens is 2. The molecule has 8 nitrogen and oxygen atoms in total. The maximum Gasteiger partial charge on any atom is 0.255 e. The number of aryl methyl sites for hydroxylation is 2. The lowest BCUT2D eigenvalue weighted by atomic mass is 9.94. The molecule has 2 heterocycles. The van der Waals surface area contributed by atoms with Gasteiger partial charge in [-0.25, -0.2) is 4.68 Å². The topological polar surface area (TPSA) is 90.3 Å². The second kappa shape index (κ2) is 11.0. The molecule has 0 saturated heterocycles. The predicted molar refractivity (Wildman–Crippen MR) is 153 cm³/mol. The Morgan fingerprint density at radius 1 is 1.03 bits per heavy atom. The second-order valence-electron chi connectivity index (χ2n) is 9.31. The van der Waals surface area contributed by atoms with Crippen molar-refractivity contribution in [2.75, 3.05) is 17.7 Å². The first-order valence-corrected chi connectivity index (χ1v) is 13.0. The van der Waals surface area contributed by atoms with Crippen LogP contribution in [-0.4, -0.2) is 27.8 Å². The van der Waals surface area contributed by atoms with Gasteiger partial charge in [0.25, 0.3) is 5.91 Å². The standard InChI is InChI=1S/C29H27Cl2N5O3/c1-16-5-9-23(17(2)11-16)35-28(37)26-18(3)34-29-32-15-33-36(29)27(26)20-7-10-24(25(13-20)38-4)39-14-19-6-8-21(30)22(31)12-19/h5-13,15,27H,14H2,1-4H3,(H,35,37)(H,32,33,34). The Bertz CT molecular complexity index is 1600. The number of ether oxygens (including phenoxy) is 2. The third-order valence-corrected chi connectivity index (χ3v) is 7.29. The Hall–Kier alpha value is -4.01. The van der Waals surface area contributed by atoms with Crippen LogP contribution in [-0.2, 0) is 11.4 Å². The molecule has 39 heavy (non-hydrogen) atoms. The Morgan fingerprint density at radius 2 is 1.85 bits per heavy atom. The lowest BCUT2D eigenvalue weighted by molar-refractivity contribution is -0.113. The van der Waals surface area contributed by atoms with Gasteiger partial charge in [-0.05, 0) is 67.8 Å². The number of methoxy groups -OCH3 is 1. The summed E-state index contributed by atoms with van der Waals surface area (Å²) in [5.41, 5.74) is 5.70. The van der Waals surface area contributed by atoms with Crippen LogP contribution in [0, 0.1) is 13.8 Å². The van der Waals surface area contributed by atoms with Crippen LogP contribution in [0.5, 0.6) is 11.5 Å². The van der Waals surface area contributed by atoms with Gasteiger partial charge in [0.2, 0.25) is 5.95 Å². The number of rotatable bonds is 7. The fourth-order valence-electron chi connectivity index (χ4n) is 4.60. The molecule has 1 unspecified atom stereocenters. The fraction of sp³-hybridized carbons (Fsp3) is 0.207. The lowest BCUT2D eigenvalue weighted by Gasteiger charge is -2.29. The number of carbonyl (C=O) groups excluding carboxylic acids is 1. The molecule has 4 aromatic rings. The highest BCUT2D eigenvalue weighted by molar-refractivity contribution is 6.42. The van der Waals surface area contributed by atoms with Crippen molar-refractivity contribution in [2.45, 2.75) is 33.4 Å². The van der Waals surface area contributed by atoms with E-state index in [1.807, 2.05) is 63.2 Å². The number of nitrogens with one attached hydrogen (secondary N) is 2. The smallest absolute Gasteiger partial charge is 0.255 e. The van der Waals surface area contributed by atoms with Crippen LogP contribution in [0.25, 0.3) is 0 Å². The van der Waals surface area contributed by atoms with E-state index in [9.17, 15) is 4.79 Å². The van der Waals surface area contributed by atoms with Gasteiger partial charge < -0.3 is 20.1 Å². The Morgan fingerprint density at radius 3 is 2.59 bits per heavy atom. The van der Waals surface area contributed by atoms with E-state index < -0.39 is 6.04 Å². The van der Waals surface area contributed by atoms with Gasteiger partial charge >= 0.3 is 0 Å². The zero-order valence-corrected chi connectivity index (χ0v) is 23.4. The zero-order chi connectivity index (χ0) is 27.7. The van der Waals surface area contributed by atoms with E-state index >= 15 is 0 Å². The average molecular weight is 564 g/mol. The lowest BCUT2D eigenvalue weighted by Crippen LogP contribution is -2.31. The number of hydrogen-bond donors (Lipinski definition) is 2. The molecule has 0 bridgehead atoms. The average Bonchev–Trinajstić information content (AvgIpc) is 3.38. The molecule has 0 fully saturated rings. The molecule has 3 aromatic carbocycles. The number of carbonyl (C=O) groups is 1. The summed E-state index contributed by atoms with van der Waals surface area (Å²) in [5, 5.41) is 11.6. The van der Waals surface area contributed by atoms with Gasteiger partial charge in [-0.2, -0.15) is 10.1 Å². The molecule has 1 amide bonds. The summed E-state index contributed by atoms with van der Waals surface area (Å²) in [4.78, 5) is 18.0. The zero-order valence-electron chi connectivity index (χ0n) is 21.9. The van der Waals surface area contributed by atoms with E-state index in [2.05, 4.69) is 20.7 Å². The van der Waals surface area contributed by atoms with Crippen LogP contribution >= 0.6 is 23.2 Å². The largest absolute Gasteiger partial charge is 0.493 e. The van der Waals surface area contributed by atoms with Gasteiger partial charge in [0, 0.05) is 11.4 Å². The molecule has 10 heteroatoms. The fourth-order valence-corrected chi connectivity index (χ4v) is 4.92. The Labute approximate surface area is 236 Å². The van der Waals surface area contributed by atoms with Crippen molar-refractivity contribution in [3.8, 4) is 11.5 Å². The van der Waals surface area contributed by atoms with Crippen molar-refractivity contribution in [3.63, 3.8) is 0 Å². The highest BCUT2D eigenvalue weighted by Gasteiger charge is 2.34. The monoisotopic (exact) mass is 563 g/mol. The molecule has 0 saturated carbocycles. The molecule has 1 aromatic heterocycles. The SMILES string of the molecule is COc1cc(C2C(C(=O)Nc3ccc(C)cc3C)=C(C)Nc3ncnn32)ccc1OCc1ccc(Cl)c(Cl)c1. The number of benzene rings is 3. The summed E-state index contributed by atoms with van der Waals surface area (Å²) in [6.07, 6.45) is 1.46.